The second kappa shape index (κ2) is 9.18. The van der Waals surface area contributed by atoms with Gasteiger partial charge in [0.1, 0.15) is 5.82 Å². The van der Waals surface area contributed by atoms with Crippen molar-refractivity contribution in [2.75, 3.05) is 18.4 Å². The molecular weight excluding hydrogens is 303 g/mol. The number of amides is 1. The Hall–Kier alpha value is -2.20. The van der Waals surface area contributed by atoms with E-state index in [0.717, 1.165) is 11.3 Å². The summed E-state index contributed by atoms with van der Waals surface area (Å²) in [4.78, 5) is 12.1. The molecule has 2 N–H and O–H groups in total. The van der Waals surface area contributed by atoms with E-state index in [1.807, 2.05) is 30.3 Å². The lowest BCUT2D eigenvalue weighted by molar-refractivity contribution is -0.116. The van der Waals surface area contributed by atoms with E-state index in [9.17, 15) is 9.18 Å². The van der Waals surface area contributed by atoms with E-state index in [1.165, 1.54) is 6.07 Å². The zero-order chi connectivity index (χ0) is 17.4. The third kappa shape index (κ3) is 5.46. The van der Waals surface area contributed by atoms with Crippen LogP contribution in [0.2, 0.25) is 0 Å². The van der Waals surface area contributed by atoms with Crippen LogP contribution in [-0.2, 0) is 11.2 Å². The van der Waals surface area contributed by atoms with E-state index >= 15 is 0 Å². The summed E-state index contributed by atoms with van der Waals surface area (Å²) in [5.74, 6) is 0.171. The van der Waals surface area contributed by atoms with Crippen molar-refractivity contribution in [2.45, 2.75) is 32.6 Å². The lowest BCUT2D eigenvalue weighted by Gasteiger charge is -2.13. The van der Waals surface area contributed by atoms with Crippen molar-refractivity contribution in [2.24, 2.45) is 0 Å². The Morgan fingerprint density at radius 1 is 1.04 bits per heavy atom. The van der Waals surface area contributed by atoms with E-state index in [0.29, 0.717) is 37.4 Å². The number of carbonyl (C=O) groups is 1. The zero-order valence-corrected chi connectivity index (χ0v) is 14.3. The number of halogens is 1. The van der Waals surface area contributed by atoms with Gasteiger partial charge in [-0.2, -0.15) is 0 Å². The lowest BCUT2D eigenvalue weighted by Crippen LogP contribution is -2.24. The Labute approximate surface area is 143 Å². The molecule has 0 saturated carbocycles. The first kappa shape index (κ1) is 18.1. The Balaban J connectivity index is 1.71. The van der Waals surface area contributed by atoms with Gasteiger partial charge in [0.05, 0.1) is 0 Å². The average Bonchev–Trinajstić information content (AvgIpc) is 2.56. The van der Waals surface area contributed by atoms with Crippen LogP contribution in [0.3, 0.4) is 0 Å². The van der Waals surface area contributed by atoms with Crippen molar-refractivity contribution >= 4 is 11.6 Å². The Morgan fingerprint density at radius 2 is 1.75 bits per heavy atom. The predicted octanol–water partition coefficient (Wildman–Crippen LogP) is 4.11. The van der Waals surface area contributed by atoms with E-state index in [4.69, 9.17) is 0 Å². The molecule has 2 rings (SSSR count). The fraction of sp³-hybridized carbons (Fsp3) is 0.350. The van der Waals surface area contributed by atoms with Gasteiger partial charge in [-0.1, -0.05) is 50.2 Å². The minimum atomic E-state index is -0.178. The first-order valence-electron chi connectivity index (χ1n) is 8.41. The Morgan fingerprint density at radius 3 is 2.50 bits per heavy atom. The topological polar surface area (TPSA) is 41.1 Å². The summed E-state index contributed by atoms with van der Waals surface area (Å²) in [6.45, 7) is 5.44. The van der Waals surface area contributed by atoms with Crippen LogP contribution < -0.4 is 10.6 Å². The predicted molar refractivity (Wildman–Crippen MR) is 96.8 cm³/mol. The summed E-state index contributed by atoms with van der Waals surface area (Å²) in [6.07, 6.45) is 1.01. The van der Waals surface area contributed by atoms with E-state index in [1.54, 1.807) is 12.1 Å². The van der Waals surface area contributed by atoms with Crippen LogP contribution in [0.25, 0.3) is 0 Å². The van der Waals surface area contributed by atoms with Gasteiger partial charge >= 0.3 is 0 Å². The van der Waals surface area contributed by atoms with E-state index in [2.05, 4.69) is 24.5 Å². The maximum absolute atomic E-state index is 13.5. The van der Waals surface area contributed by atoms with Gasteiger partial charge in [-0.3, -0.25) is 4.79 Å². The summed E-state index contributed by atoms with van der Waals surface area (Å²) in [5.41, 5.74) is 2.71. The molecule has 0 aliphatic heterocycles. The molecule has 0 aromatic heterocycles. The van der Waals surface area contributed by atoms with Gasteiger partial charge in [0, 0.05) is 18.7 Å². The van der Waals surface area contributed by atoms with Crippen molar-refractivity contribution in [1.82, 2.24) is 5.32 Å². The van der Waals surface area contributed by atoms with Crippen LogP contribution in [0.15, 0.2) is 48.5 Å². The molecule has 128 valence electrons. The third-order valence-electron chi connectivity index (χ3n) is 3.91. The summed E-state index contributed by atoms with van der Waals surface area (Å²) in [6, 6.07) is 14.6. The van der Waals surface area contributed by atoms with Gasteiger partial charge in [0.2, 0.25) is 5.91 Å². The number of rotatable bonds is 8. The molecule has 2 aromatic carbocycles. The van der Waals surface area contributed by atoms with E-state index < -0.39 is 0 Å². The normalized spacial score (nSPS) is 10.8. The van der Waals surface area contributed by atoms with Crippen LogP contribution in [0.1, 0.15) is 37.3 Å². The molecular formula is C20H25FN2O. The first-order valence-corrected chi connectivity index (χ1v) is 8.41. The molecule has 4 heteroatoms. The monoisotopic (exact) mass is 328 g/mol. The highest BCUT2D eigenvalue weighted by atomic mass is 19.1. The smallest absolute Gasteiger partial charge is 0.225 e. The molecule has 0 aliphatic carbocycles. The van der Waals surface area contributed by atoms with Crippen LogP contribution in [0.4, 0.5) is 10.1 Å². The number of hydrogen-bond acceptors (Lipinski definition) is 2. The molecule has 2 aromatic rings. The maximum atomic E-state index is 13.5. The summed E-state index contributed by atoms with van der Waals surface area (Å²) >= 11 is 0. The summed E-state index contributed by atoms with van der Waals surface area (Å²) in [7, 11) is 0. The van der Waals surface area contributed by atoms with Gasteiger partial charge in [0.25, 0.3) is 0 Å². The van der Waals surface area contributed by atoms with Gasteiger partial charge in [-0.15, -0.1) is 0 Å². The second-order valence-electron chi connectivity index (χ2n) is 6.13. The highest BCUT2D eigenvalue weighted by Crippen LogP contribution is 2.23. The number of benzene rings is 2. The zero-order valence-electron chi connectivity index (χ0n) is 14.3. The Kier molecular flexibility index (Phi) is 6.94. The number of anilines is 1. The number of para-hydroxylation sites is 1. The van der Waals surface area contributed by atoms with E-state index in [-0.39, 0.29) is 11.7 Å². The van der Waals surface area contributed by atoms with Crippen molar-refractivity contribution in [3.63, 3.8) is 0 Å². The van der Waals surface area contributed by atoms with Crippen LogP contribution >= 0.6 is 0 Å². The maximum Gasteiger partial charge on any atom is 0.225 e. The van der Waals surface area contributed by atoms with Crippen LogP contribution in [-0.4, -0.2) is 19.0 Å². The fourth-order valence-corrected chi connectivity index (χ4v) is 2.58. The van der Waals surface area contributed by atoms with Crippen molar-refractivity contribution in [3.05, 3.63) is 65.5 Å². The van der Waals surface area contributed by atoms with Crippen LogP contribution in [0.5, 0.6) is 0 Å². The molecule has 0 saturated heterocycles. The molecule has 0 fully saturated rings. The standard InChI is InChI=1S/C20H25FN2O/c1-15(2)17-8-4-6-10-19(17)23-20(24)12-14-22-13-11-16-7-3-5-9-18(16)21/h3-10,15,22H,11-14H2,1-2H3,(H,23,24). The van der Waals surface area contributed by atoms with Crippen molar-refractivity contribution in [3.8, 4) is 0 Å². The van der Waals surface area contributed by atoms with Crippen molar-refractivity contribution < 1.29 is 9.18 Å². The van der Waals surface area contributed by atoms with Crippen LogP contribution in [0, 0.1) is 5.82 Å². The molecule has 24 heavy (non-hydrogen) atoms. The third-order valence-corrected chi connectivity index (χ3v) is 3.91. The van der Waals surface area contributed by atoms with Gasteiger partial charge < -0.3 is 10.6 Å². The Bertz CT molecular complexity index is 670. The molecule has 0 atom stereocenters. The molecule has 0 heterocycles. The molecule has 0 radical (unpaired) electrons. The molecule has 3 nitrogen and oxygen atoms in total. The number of carbonyl (C=O) groups excluding carboxylic acids is 1. The fourth-order valence-electron chi connectivity index (χ4n) is 2.58. The average molecular weight is 328 g/mol. The second-order valence-corrected chi connectivity index (χ2v) is 6.13. The van der Waals surface area contributed by atoms with Gasteiger partial charge in [-0.05, 0) is 42.1 Å². The minimum Gasteiger partial charge on any atom is -0.326 e. The summed E-state index contributed by atoms with van der Waals surface area (Å²) < 4.78 is 13.5. The van der Waals surface area contributed by atoms with Gasteiger partial charge in [-0.25, -0.2) is 4.39 Å². The van der Waals surface area contributed by atoms with Crippen molar-refractivity contribution in [1.29, 1.82) is 0 Å². The quantitative estimate of drug-likeness (QED) is 0.716. The van der Waals surface area contributed by atoms with Gasteiger partial charge in [0.15, 0.2) is 0 Å². The molecule has 0 unspecified atom stereocenters. The SMILES string of the molecule is CC(C)c1ccccc1NC(=O)CCNCCc1ccccc1F. The first-order chi connectivity index (χ1) is 11.6. The number of hydrogen-bond donors (Lipinski definition) is 2. The highest BCUT2D eigenvalue weighted by molar-refractivity contribution is 5.91. The molecule has 0 bridgehead atoms. The minimum absolute atomic E-state index is 0.0125. The molecule has 0 aliphatic rings. The molecule has 0 spiro atoms. The lowest BCUT2D eigenvalue weighted by atomic mass is 10.0. The summed E-state index contributed by atoms with van der Waals surface area (Å²) in [5, 5.41) is 6.16. The highest BCUT2D eigenvalue weighted by Gasteiger charge is 2.08. The number of nitrogens with one attached hydrogen (secondary N) is 2. The largest absolute Gasteiger partial charge is 0.326 e. The molecule has 1 amide bonds.